The van der Waals surface area contributed by atoms with Crippen molar-refractivity contribution in [2.75, 3.05) is 11.9 Å². The second-order valence-corrected chi connectivity index (χ2v) is 7.31. The van der Waals surface area contributed by atoms with Gasteiger partial charge in [-0.2, -0.15) is 5.26 Å². The van der Waals surface area contributed by atoms with Crippen LogP contribution in [0.1, 0.15) is 28.9 Å². The molecular weight excluding hydrogens is 383 g/mol. The van der Waals surface area contributed by atoms with E-state index in [-0.39, 0.29) is 22.5 Å². The second-order valence-electron chi connectivity index (χ2n) is 7.31. The Morgan fingerprint density at radius 2 is 2.13 bits per heavy atom. The zero-order valence-corrected chi connectivity index (χ0v) is 16.0. The third-order valence-electron chi connectivity index (χ3n) is 5.65. The van der Waals surface area contributed by atoms with Crippen LogP contribution < -0.4 is 11.1 Å². The Bertz CT molecular complexity index is 1110. The van der Waals surface area contributed by atoms with E-state index >= 15 is 0 Å². The summed E-state index contributed by atoms with van der Waals surface area (Å²) in [5, 5.41) is 21.0. The normalized spacial score (nSPS) is 20.1. The van der Waals surface area contributed by atoms with Gasteiger partial charge in [-0.05, 0) is 55.3 Å². The number of carbonyl (C=O) groups excluding carboxylic acids is 1. The van der Waals surface area contributed by atoms with Crippen LogP contribution in [0.2, 0.25) is 0 Å². The molecule has 1 aliphatic carbocycles. The monoisotopic (exact) mass is 402 g/mol. The molecule has 1 saturated carbocycles. The van der Waals surface area contributed by atoms with E-state index in [0.717, 1.165) is 18.5 Å². The van der Waals surface area contributed by atoms with Crippen molar-refractivity contribution in [3.8, 4) is 17.3 Å². The van der Waals surface area contributed by atoms with E-state index in [4.69, 9.17) is 5.73 Å². The molecule has 2 unspecified atom stereocenters. The van der Waals surface area contributed by atoms with Gasteiger partial charge in [0.1, 0.15) is 11.6 Å². The smallest absolute Gasteiger partial charge is 0.248 e. The third-order valence-corrected chi connectivity index (χ3v) is 5.65. The van der Waals surface area contributed by atoms with E-state index in [1.165, 1.54) is 18.2 Å². The number of benzene rings is 1. The van der Waals surface area contributed by atoms with Crippen molar-refractivity contribution in [1.82, 2.24) is 15.2 Å². The van der Waals surface area contributed by atoms with Crippen LogP contribution >= 0.6 is 0 Å². The Morgan fingerprint density at radius 1 is 1.27 bits per heavy atom. The van der Waals surface area contributed by atoms with Gasteiger partial charge in [-0.25, -0.2) is 4.39 Å². The first-order chi connectivity index (χ1) is 14.5. The van der Waals surface area contributed by atoms with Crippen molar-refractivity contribution >= 4 is 11.7 Å². The Labute approximate surface area is 172 Å². The largest absolute Gasteiger partial charge is 0.368 e. The number of anilines is 1. The van der Waals surface area contributed by atoms with Crippen molar-refractivity contribution in [3.05, 3.63) is 71.8 Å². The molecule has 0 bridgehead atoms. The van der Waals surface area contributed by atoms with Crippen LogP contribution in [0.25, 0.3) is 11.3 Å². The summed E-state index contributed by atoms with van der Waals surface area (Å²) in [5.74, 6) is -0.785. The quantitative estimate of drug-likeness (QED) is 0.654. The van der Waals surface area contributed by atoms with E-state index in [9.17, 15) is 14.4 Å². The van der Waals surface area contributed by atoms with Crippen LogP contribution in [0.15, 0.2) is 54.7 Å². The van der Waals surface area contributed by atoms with Crippen LogP contribution in [0.5, 0.6) is 0 Å². The minimum absolute atomic E-state index is 0.127. The first-order valence-corrected chi connectivity index (χ1v) is 9.52. The molecule has 4 rings (SSSR count). The van der Waals surface area contributed by atoms with Gasteiger partial charge in [-0.3, -0.25) is 9.78 Å². The molecule has 3 aromatic rings. The number of nitrogens with one attached hydrogen (secondary N) is 1. The number of aromatic nitrogens is 3. The minimum atomic E-state index is -0.644. The molecule has 1 fully saturated rings. The topological polar surface area (TPSA) is 118 Å². The van der Waals surface area contributed by atoms with Gasteiger partial charge in [0, 0.05) is 35.0 Å². The van der Waals surface area contributed by atoms with Gasteiger partial charge in [0.25, 0.3) is 0 Å². The highest BCUT2D eigenvalue weighted by atomic mass is 19.1. The van der Waals surface area contributed by atoms with Crippen molar-refractivity contribution in [1.29, 1.82) is 5.26 Å². The minimum Gasteiger partial charge on any atom is -0.368 e. The SMILES string of the molecule is N#CC1CCC1(CNc1ccc(-c2cc(C(N)=O)ccc2F)nn1)c1ccccn1. The highest BCUT2D eigenvalue weighted by molar-refractivity contribution is 5.94. The number of hydrogen-bond donors (Lipinski definition) is 2. The molecule has 8 heteroatoms. The van der Waals surface area contributed by atoms with Gasteiger partial charge >= 0.3 is 0 Å². The van der Waals surface area contributed by atoms with Crippen LogP contribution in [0.3, 0.4) is 0 Å². The van der Waals surface area contributed by atoms with Gasteiger partial charge in [0.2, 0.25) is 5.91 Å². The van der Waals surface area contributed by atoms with Gasteiger partial charge in [0.05, 0.1) is 17.7 Å². The van der Waals surface area contributed by atoms with Gasteiger partial charge in [0.15, 0.2) is 0 Å². The fourth-order valence-corrected chi connectivity index (χ4v) is 3.78. The Balaban J connectivity index is 1.54. The molecule has 2 aromatic heterocycles. The van der Waals surface area contributed by atoms with Crippen LogP contribution in [0.4, 0.5) is 10.2 Å². The highest BCUT2D eigenvalue weighted by Gasteiger charge is 2.49. The zero-order valence-electron chi connectivity index (χ0n) is 16.0. The Morgan fingerprint density at radius 3 is 2.73 bits per heavy atom. The van der Waals surface area contributed by atoms with Gasteiger partial charge in [-0.15, -0.1) is 10.2 Å². The summed E-state index contributed by atoms with van der Waals surface area (Å²) in [6.45, 7) is 0.488. The third kappa shape index (κ3) is 3.46. The lowest BCUT2D eigenvalue weighted by atomic mass is 9.58. The predicted octanol–water partition coefficient (Wildman–Crippen LogP) is 3.06. The van der Waals surface area contributed by atoms with Gasteiger partial charge < -0.3 is 11.1 Å². The van der Waals surface area contributed by atoms with E-state index in [2.05, 4.69) is 26.6 Å². The van der Waals surface area contributed by atoms with Crippen molar-refractivity contribution in [2.24, 2.45) is 11.7 Å². The summed E-state index contributed by atoms with van der Waals surface area (Å²) in [4.78, 5) is 15.8. The lowest BCUT2D eigenvalue weighted by molar-refractivity contribution is 0.100. The van der Waals surface area contributed by atoms with Gasteiger partial charge in [-0.1, -0.05) is 6.07 Å². The number of nitrogens with zero attached hydrogens (tertiary/aromatic N) is 4. The fraction of sp³-hybridized carbons (Fsp3) is 0.227. The molecule has 0 aliphatic heterocycles. The number of halogens is 1. The molecule has 0 spiro atoms. The Hall–Kier alpha value is -3.86. The maximum Gasteiger partial charge on any atom is 0.248 e. The molecule has 1 amide bonds. The number of pyridine rings is 1. The van der Waals surface area contributed by atoms with Crippen LogP contribution in [-0.4, -0.2) is 27.6 Å². The molecule has 0 radical (unpaired) electrons. The van der Waals surface area contributed by atoms with E-state index in [1.54, 1.807) is 18.3 Å². The number of primary amides is 1. The van der Waals surface area contributed by atoms with E-state index in [0.29, 0.717) is 18.1 Å². The average Bonchev–Trinajstić information content (AvgIpc) is 2.75. The number of nitriles is 1. The molecule has 2 heterocycles. The van der Waals surface area contributed by atoms with E-state index < -0.39 is 11.7 Å². The number of amides is 1. The van der Waals surface area contributed by atoms with E-state index in [1.807, 2.05) is 18.2 Å². The molecule has 30 heavy (non-hydrogen) atoms. The lowest BCUT2D eigenvalue weighted by Crippen LogP contribution is -2.49. The maximum absolute atomic E-state index is 14.2. The maximum atomic E-state index is 14.2. The lowest BCUT2D eigenvalue weighted by Gasteiger charge is -2.45. The van der Waals surface area contributed by atoms with Crippen molar-refractivity contribution < 1.29 is 9.18 Å². The van der Waals surface area contributed by atoms with Crippen molar-refractivity contribution in [3.63, 3.8) is 0 Å². The molecule has 3 N–H and O–H groups in total. The average molecular weight is 402 g/mol. The molecule has 0 saturated heterocycles. The molecule has 1 aromatic carbocycles. The summed E-state index contributed by atoms with van der Waals surface area (Å²) in [6.07, 6.45) is 3.41. The molecule has 2 atom stereocenters. The Kier molecular flexibility index (Phi) is 5.11. The van der Waals surface area contributed by atoms with Crippen LogP contribution in [-0.2, 0) is 5.41 Å². The number of nitrogens with two attached hydrogens (primary N) is 1. The summed E-state index contributed by atoms with van der Waals surface area (Å²) < 4.78 is 14.2. The highest BCUT2D eigenvalue weighted by Crippen LogP contribution is 2.47. The number of rotatable bonds is 6. The standard InChI is InChI=1S/C22H19FN6O/c23-17-5-4-14(21(25)30)11-16(17)18-6-7-20(29-28-18)27-13-22(9-8-15(22)12-24)19-3-1-2-10-26-19/h1-7,10-11,15H,8-9,13H2,(H2,25,30)(H,27,29). The number of hydrogen-bond acceptors (Lipinski definition) is 6. The number of carbonyl (C=O) groups is 1. The van der Waals surface area contributed by atoms with Crippen LogP contribution in [0, 0.1) is 23.1 Å². The summed E-state index contributed by atoms with van der Waals surface area (Å²) in [6, 6.07) is 15.3. The summed E-state index contributed by atoms with van der Waals surface area (Å²) in [7, 11) is 0. The second kappa shape index (κ2) is 7.87. The predicted molar refractivity (Wildman–Crippen MR) is 109 cm³/mol. The zero-order chi connectivity index (χ0) is 21.1. The fourth-order valence-electron chi connectivity index (χ4n) is 3.78. The first kappa shape index (κ1) is 19.5. The molecule has 7 nitrogen and oxygen atoms in total. The molecular formula is C22H19FN6O. The summed E-state index contributed by atoms with van der Waals surface area (Å²) in [5.41, 5.74) is 6.41. The first-order valence-electron chi connectivity index (χ1n) is 9.52. The van der Waals surface area contributed by atoms with Crippen molar-refractivity contribution in [2.45, 2.75) is 18.3 Å². The molecule has 150 valence electrons. The molecule has 1 aliphatic rings. The summed E-state index contributed by atoms with van der Waals surface area (Å²) >= 11 is 0.